The molecule has 8 nitrogen and oxygen atoms in total. The van der Waals surface area contributed by atoms with Crippen LogP contribution in [0.1, 0.15) is 55.1 Å². The predicted octanol–water partition coefficient (Wildman–Crippen LogP) is 2.78. The van der Waals surface area contributed by atoms with Crippen LogP contribution in [-0.4, -0.2) is 46.3 Å². The minimum atomic E-state index is -1.34. The summed E-state index contributed by atoms with van der Waals surface area (Å²) in [7, 11) is 0. The maximum absolute atomic E-state index is 13.5. The minimum Gasteiger partial charge on any atom is -0.461 e. The fraction of sp³-hybridized carbons (Fsp3) is 0.455. The Hall–Kier alpha value is -3.23. The van der Waals surface area contributed by atoms with Crippen molar-refractivity contribution in [2.24, 2.45) is 5.92 Å². The highest BCUT2D eigenvalue weighted by Gasteiger charge is 2.49. The molecule has 1 aliphatic rings. The first-order valence-electron chi connectivity index (χ1n) is 10.3. The number of fused-ring (bicyclic) bond motifs is 1. The smallest absolute Gasteiger partial charge is 0.358 e. The molecule has 0 bridgehead atoms. The van der Waals surface area contributed by atoms with Crippen LogP contribution in [0.5, 0.6) is 0 Å². The zero-order valence-electron chi connectivity index (χ0n) is 18.1. The summed E-state index contributed by atoms with van der Waals surface area (Å²) in [5.41, 5.74) is -0.816. The molecule has 0 saturated carbocycles. The molecule has 0 saturated heterocycles. The topological polar surface area (TPSA) is 93.5 Å². The first kappa shape index (κ1) is 22.5. The van der Waals surface area contributed by atoms with Crippen LogP contribution in [0.15, 0.2) is 30.3 Å². The number of esters is 1. The van der Waals surface area contributed by atoms with Gasteiger partial charge in [-0.15, -0.1) is 0 Å². The lowest BCUT2D eigenvalue weighted by Gasteiger charge is -2.43. The van der Waals surface area contributed by atoms with E-state index in [0.29, 0.717) is 18.2 Å². The lowest BCUT2D eigenvalue weighted by molar-refractivity contribution is -0.126. The molecule has 2 aromatic rings. The van der Waals surface area contributed by atoms with E-state index in [2.05, 4.69) is 24.3 Å². The van der Waals surface area contributed by atoms with Gasteiger partial charge in [0, 0.05) is 18.3 Å². The Morgan fingerprint density at radius 3 is 2.58 bits per heavy atom. The zero-order chi connectivity index (χ0) is 22.8. The van der Waals surface area contributed by atoms with Gasteiger partial charge in [-0.1, -0.05) is 13.8 Å². The molecule has 3 rings (SSSR count). The fourth-order valence-corrected chi connectivity index (χ4v) is 3.55. The van der Waals surface area contributed by atoms with Gasteiger partial charge in [0.2, 0.25) is 5.91 Å². The van der Waals surface area contributed by atoms with E-state index >= 15 is 0 Å². The Labute approximate surface area is 180 Å². The molecule has 166 valence electrons. The Bertz CT molecular complexity index is 986. The quantitative estimate of drug-likeness (QED) is 0.682. The summed E-state index contributed by atoms with van der Waals surface area (Å²) >= 11 is 0. The number of benzene rings is 1. The number of aromatic nitrogens is 2. The van der Waals surface area contributed by atoms with Gasteiger partial charge in [-0.25, -0.2) is 9.18 Å². The van der Waals surface area contributed by atoms with Gasteiger partial charge in [-0.2, -0.15) is 5.10 Å². The summed E-state index contributed by atoms with van der Waals surface area (Å²) < 4.78 is 19.8. The third-order valence-corrected chi connectivity index (χ3v) is 5.22. The van der Waals surface area contributed by atoms with Crippen LogP contribution in [-0.2, 0) is 16.1 Å². The molecule has 0 aliphatic carbocycles. The van der Waals surface area contributed by atoms with E-state index in [0.717, 1.165) is 6.42 Å². The molecular weight excluding hydrogens is 403 g/mol. The van der Waals surface area contributed by atoms with Crippen molar-refractivity contribution in [2.75, 3.05) is 18.1 Å². The zero-order valence-corrected chi connectivity index (χ0v) is 18.1. The molecule has 2 heterocycles. The highest BCUT2D eigenvalue weighted by molar-refractivity contribution is 6.12. The van der Waals surface area contributed by atoms with Gasteiger partial charge in [0.25, 0.3) is 5.91 Å². The average molecular weight is 430 g/mol. The van der Waals surface area contributed by atoms with Crippen molar-refractivity contribution in [3.8, 4) is 0 Å². The van der Waals surface area contributed by atoms with Crippen LogP contribution >= 0.6 is 0 Å². The summed E-state index contributed by atoms with van der Waals surface area (Å²) in [6.07, 6.45) is 0.784. The maximum Gasteiger partial charge on any atom is 0.358 e. The van der Waals surface area contributed by atoms with Crippen LogP contribution in [0.4, 0.5) is 10.1 Å². The van der Waals surface area contributed by atoms with Gasteiger partial charge in [0.05, 0.1) is 13.2 Å². The summed E-state index contributed by atoms with van der Waals surface area (Å²) in [4.78, 5) is 40.1. The van der Waals surface area contributed by atoms with Gasteiger partial charge in [0.1, 0.15) is 17.1 Å². The van der Waals surface area contributed by atoms with Gasteiger partial charge in [-0.3, -0.25) is 19.2 Å². The molecule has 1 atom stereocenters. The fourth-order valence-electron chi connectivity index (χ4n) is 3.55. The molecule has 2 amide bonds. The van der Waals surface area contributed by atoms with E-state index in [9.17, 15) is 18.8 Å². The van der Waals surface area contributed by atoms with Gasteiger partial charge < -0.3 is 10.1 Å². The molecule has 31 heavy (non-hydrogen) atoms. The molecule has 1 unspecified atom stereocenters. The second-order valence-electron chi connectivity index (χ2n) is 8.12. The Kier molecular flexibility index (Phi) is 6.42. The van der Waals surface area contributed by atoms with Crippen molar-refractivity contribution in [3.63, 3.8) is 0 Å². The predicted molar refractivity (Wildman–Crippen MR) is 112 cm³/mol. The van der Waals surface area contributed by atoms with Crippen molar-refractivity contribution in [2.45, 2.75) is 46.2 Å². The average Bonchev–Trinajstić information content (AvgIpc) is 3.13. The Morgan fingerprint density at radius 1 is 1.29 bits per heavy atom. The molecular formula is C22H27FN4O4. The second kappa shape index (κ2) is 8.87. The lowest BCUT2D eigenvalue weighted by Crippen LogP contribution is -2.64. The van der Waals surface area contributed by atoms with Crippen molar-refractivity contribution >= 4 is 23.5 Å². The normalized spacial score (nSPS) is 18.1. The number of nitrogens with zero attached hydrogens (tertiary/aromatic N) is 3. The third-order valence-electron chi connectivity index (χ3n) is 5.22. The largest absolute Gasteiger partial charge is 0.461 e. The summed E-state index contributed by atoms with van der Waals surface area (Å²) in [5.74, 6) is -1.56. The summed E-state index contributed by atoms with van der Waals surface area (Å²) in [6.45, 7) is 8.07. The van der Waals surface area contributed by atoms with E-state index in [-0.39, 0.29) is 30.4 Å². The minimum absolute atomic E-state index is 0.00581. The molecule has 1 N–H and O–H groups in total. The number of carbonyl (C=O) groups excluding carboxylic acids is 3. The second-order valence-corrected chi connectivity index (χ2v) is 8.12. The van der Waals surface area contributed by atoms with Crippen LogP contribution < -0.4 is 10.2 Å². The van der Waals surface area contributed by atoms with Crippen molar-refractivity contribution in [1.29, 1.82) is 0 Å². The standard InChI is InChI=1S/C22H27FN4O4/c1-5-31-20(29)17-12-18-19(28)27(16-8-6-15(23)7-9-16)22(4,13-26(18)25-17)21(30)24-11-10-14(2)3/h6-9,12,14H,5,10-11,13H2,1-4H3,(H,24,30). The number of carbonyl (C=O) groups is 3. The Balaban J connectivity index is 2.02. The first-order valence-corrected chi connectivity index (χ1v) is 10.3. The molecule has 0 radical (unpaired) electrons. The highest BCUT2D eigenvalue weighted by atomic mass is 19.1. The number of amides is 2. The molecule has 1 aromatic heterocycles. The van der Waals surface area contributed by atoms with E-state index < -0.39 is 23.2 Å². The first-order chi connectivity index (χ1) is 14.7. The SMILES string of the molecule is CCOC(=O)c1cc2n(n1)CC(C)(C(=O)NCCC(C)C)N(c1ccc(F)cc1)C2=O. The van der Waals surface area contributed by atoms with Crippen molar-refractivity contribution < 1.29 is 23.5 Å². The van der Waals surface area contributed by atoms with Crippen molar-refractivity contribution in [3.05, 3.63) is 47.5 Å². The maximum atomic E-state index is 13.5. The molecule has 9 heteroatoms. The highest BCUT2D eigenvalue weighted by Crippen LogP contribution is 2.33. The van der Waals surface area contributed by atoms with Crippen LogP contribution in [0.3, 0.4) is 0 Å². The van der Waals surface area contributed by atoms with Crippen molar-refractivity contribution in [1.82, 2.24) is 15.1 Å². The van der Waals surface area contributed by atoms with Crippen LogP contribution in [0.2, 0.25) is 0 Å². The van der Waals surface area contributed by atoms with Gasteiger partial charge in [0.15, 0.2) is 5.69 Å². The molecule has 0 spiro atoms. The summed E-state index contributed by atoms with van der Waals surface area (Å²) in [5, 5.41) is 7.10. The Morgan fingerprint density at radius 2 is 1.97 bits per heavy atom. The number of hydrogen-bond acceptors (Lipinski definition) is 5. The van der Waals surface area contributed by atoms with E-state index in [1.54, 1.807) is 13.8 Å². The number of nitrogens with one attached hydrogen (secondary N) is 1. The number of halogens is 1. The van der Waals surface area contributed by atoms with Crippen LogP contribution in [0.25, 0.3) is 0 Å². The van der Waals surface area contributed by atoms with E-state index in [1.807, 2.05) is 0 Å². The van der Waals surface area contributed by atoms with E-state index in [1.165, 1.54) is 39.9 Å². The number of rotatable bonds is 7. The lowest BCUT2D eigenvalue weighted by atomic mass is 9.93. The van der Waals surface area contributed by atoms with Crippen LogP contribution in [0, 0.1) is 11.7 Å². The van der Waals surface area contributed by atoms with Gasteiger partial charge in [-0.05, 0) is 50.5 Å². The number of ether oxygens (including phenoxy) is 1. The molecule has 0 fully saturated rings. The third kappa shape index (κ3) is 4.45. The number of anilines is 1. The molecule has 1 aliphatic heterocycles. The van der Waals surface area contributed by atoms with E-state index in [4.69, 9.17) is 4.74 Å². The monoisotopic (exact) mass is 430 g/mol. The number of hydrogen-bond donors (Lipinski definition) is 1. The molecule has 1 aromatic carbocycles. The van der Waals surface area contributed by atoms with Gasteiger partial charge >= 0.3 is 5.97 Å². The summed E-state index contributed by atoms with van der Waals surface area (Å²) in [6, 6.07) is 6.72.